The van der Waals surface area contributed by atoms with E-state index >= 15 is 0 Å². The Hall–Kier alpha value is -3.13. The number of rotatable bonds is 8. The zero-order valence-corrected chi connectivity index (χ0v) is 20.5. The Balaban J connectivity index is 1.90. The van der Waals surface area contributed by atoms with Crippen molar-refractivity contribution < 1.29 is 18.0 Å². The third-order valence-corrected chi connectivity index (χ3v) is 7.05. The number of sulfone groups is 1. The number of hydrogen-bond donors (Lipinski definition) is 1. The molecular weight excluding hydrogens is 438 g/mol. The SMILES string of the molecule is Cc1cccc(NC(=O)CS(=O)(=O)c2cn(CC(=O)N(C(C)C)C(C)C)c3ccccc23)c1. The van der Waals surface area contributed by atoms with Gasteiger partial charge >= 0.3 is 0 Å². The van der Waals surface area contributed by atoms with Gasteiger partial charge in [-0.25, -0.2) is 8.42 Å². The van der Waals surface area contributed by atoms with E-state index in [2.05, 4.69) is 5.32 Å². The Morgan fingerprint density at radius 3 is 2.30 bits per heavy atom. The predicted molar refractivity (Wildman–Crippen MR) is 131 cm³/mol. The van der Waals surface area contributed by atoms with Crippen molar-refractivity contribution in [3.05, 3.63) is 60.3 Å². The van der Waals surface area contributed by atoms with E-state index in [4.69, 9.17) is 0 Å². The Labute approximate surface area is 195 Å². The summed E-state index contributed by atoms with van der Waals surface area (Å²) in [6, 6.07) is 14.2. The van der Waals surface area contributed by atoms with Crippen molar-refractivity contribution in [3.63, 3.8) is 0 Å². The Bertz CT molecular complexity index is 1270. The molecule has 2 amide bonds. The summed E-state index contributed by atoms with van der Waals surface area (Å²) in [5.74, 6) is -1.39. The highest BCUT2D eigenvalue weighted by atomic mass is 32.2. The summed E-state index contributed by atoms with van der Waals surface area (Å²) in [5.41, 5.74) is 2.14. The Morgan fingerprint density at radius 2 is 1.67 bits per heavy atom. The third-order valence-electron chi connectivity index (χ3n) is 5.42. The van der Waals surface area contributed by atoms with E-state index in [0.717, 1.165) is 5.56 Å². The van der Waals surface area contributed by atoms with Crippen LogP contribution in [0, 0.1) is 6.92 Å². The van der Waals surface area contributed by atoms with Crippen LogP contribution in [0.2, 0.25) is 0 Å². The van der Waals surface area contributed by atoms with Crippen LogP contribution >= 0.6 is 0 Å². The second kappa shape index (κ2) is 9.79. The van der Waals surface area contributed by atoms with E-state index in [0.29, 0.717) is 16.6 Å². The highest BCUT2D eigenvalue weighted by Crippen LogP contribution is 2.27. The van der Waals surface area contributed by atoms with Crippen LogP contribution in [0.15, 0.2) is 59.6 Å². The molecule has 0 aliphatic carbocycles. The molecule has 176 valence electrons. The number of nitrogens with one attached hydrogen (secondary N) is 1. The number of carbonyl (C=O) groups excluding carboxylic acids is 2. The predicted octanol–water partition coefficient (Wildman–Crippen LogP) is 4.01. The van der Waals surface area contributed by atoms with Crippen molar-refractivity contribution in [2.24, 2.45) is 0 Å². The zero-order valence-electron chi connectivity index (χ0n) is 19.7. The number of benzene rings is 2. The molecule has 0 atom stereocenters. The molecule has 2 aromatic carbocycles. The van der Waals surface area contributed by atoms with Crippen LogP contribution in [0.5, 0.6) is 0 Å². The van der Waals surface area contributed by atoms with Crippen molar-refractivity contribution >= 4 is 38.2 Å². The van der Waals surface area contributed by atoms with Gasteiger partial charge in [0, 0.05) is 34.9 Å². The molecule has 7 nitrogen and oxygen atoms in total. The summed E-state index contributed by atoms with van der Waals surface area (Å²) in [5, 5.41) is 3.14. The molecule has 33 heavy (non-hydrogen) atoms. The molecule has 0 bridgehead atoms. The molecule has 8 heteroatoms. The van der Waals surface area contributed by atoms with Crippen molar-refractivity contribution in [3.8, 4) is 0 Å². The molecule has 0 saturated heterocycles. The summed E-state index contributed by atoms with van der Waals surface area (Å²) in [6.07, 6.45) is 1.47. The van der Waals surface area contributed by atoms with Gasteiger partial charge in [-0.2, -0.15) is 0 Å². The molecule has 3 rings (SSSR count). The van der Waals surface area contributed by atoms with Crippen LogP contribution in [0.1, 0.15) is 33.3 Å². The molecule has 3 aromatic rings. The highest BCUT2D eigenvalue weighted by Gasteiger charge is 2.26. The molecule has 0 aliphatic heterocycles. The molecule has 0 aliphatic rings. The molecule has 0 fully saturated rings. The fourth-order valence-electron chi connectivity index (χ4n) is 4.16. The highest BCUT2D eigenvalue weighted by molar-refractivity contribution is 7.92. The second-order valence-electron chi connectivity index (χ2n) is 8.80. The lowest BCUT2D eigenvalue weighted by Crippen LogP contribution is -2.43. The first-order valence-corrected chi connectivity index (χ1v) is 12.6. The van der Waals surface area contributed by atoms with E-state index in [9.17, 15) is 18.0 Å². The van der Waals surface area contributed by atoms with Gasteiger partial charge in [-0.1, -0.05) is 30.3 Å². The van der Waals surface area contributed by atoms with E-state index in [-0.39, 0.29) is 29.4 Å². The first kappa shape index (κ1) is 24.5. The minimum absolute atomic E-state index is 0.0158. The van der Waals surface area contributed by atoms with Gasteiger partial charge < -0.3 is 14.8 Å². The molecule has 0 unspecified atom stereocenters. The van der Waals surface area contributed by atoms with Gasteiger partial charge in [0.1, 0.15) is 12.3 Å². The van der Waals surface area contributed by atoms with Gasteiger partial charge in [0.05, 0.1) is 4.90 Å². The van der Waals surface area contributed by atoms with E-state index in [1.54, 1.807) is 51.9 Å². The lowest BCUT2D eigenvalue weighted by molar-refractivity contribution is -0.135. The summed E-state index contributed by atoms with van der Waals surface area (Å²) in [7, 11) is -3.94. The van der Waals surface area contributed by atoms with Gasteiger partial charge in [0.15, 0.2) is 9.84 Å². The standard InChI is InChI=1S/C25H31N3O4S/c1-17(2)28(18(3)4)25(30)15-27-14-23(21-11-6-7-12-22(21)27)33(31,32)16-24(29)26-20-10-8-9-19(5)13-20/h6-14,17-18H,15-16H2,1-5H3,(H,26,29). The summed E-state index contributed by atoms with van der Waals surface area (Å²) < 4.78 is 28.0. The first-order valence-electron chi connectivity index (χ1n) is 11.0. The van der Waals surface area contributed by atoms with Gasteiger partial charge in [0.2, 0.25) is 11.8 Å². The average molecular weight is 470 g/mol. The summed E-state index contributed by atoms with van der Waals surface area (Å²) in [6.45, 7) is 9.72. The lowest BCUT2D eigenvalue weighted by atomic mass is 10.2. The van der Waals surface area contributed by atoms with Crippen molar-refractivity contribution in [2.75, 3.05) is 11.1 Å². The van der Waals surface area contributed by atoms with Crippen molar-refractivity contribution in [1.82, 2.24) is 9.47 Å². The number of hydrogen-bond acceptors (Lipinski definition) is 4. The number of aromatic nitrogens is 1. The Kier molecular flexibility index (Phi) is 7.27. The normalized spacial score (nSPS) is 11.8. The quantitative estimate of drug-likeness (QED) is 0.540. The van der Waals surface area contributed by atoms with Crippen molar-refractivity contribution in [2.45, 2.75) is 58.1 Å². The number of para-hydroxylation sites is 1. The van der Waals surface area contributed by atoms with Crippen LogP contribution in [0.25, 0.3) is 10.9 Å². The maximum absolute atomic E-state index is 13.2. The summed E-state index contributed by atoms with van der Waals surface area (Å²) >= 11 is 0. The number of aryl methyl sites for hydroxylation is 1. The fraction of sp³-hybridized carbons (Fsp3) is 0.360. The van der Waals surface area contributed by atoms with Crippen LogP contribution in [-0.4, -0.2) is 47.5 Å². The van der Waals surface area contributed by atoms with Crippen LogP contribution in [-0.2, 0) is 26.0 Å². The van der Waals surface area contributed by atoms with E-state index in [1.165, 1.54) is 6.20 Å². The van der Waals surface area contributed by atoms with Gasteiger partial charge in [-0.05, 0) is 58.4 Å². The molecule has 1 N–H and O–H groups in total. The smallest absolute Gasteiger partial charge is 0.242 e. The largest absolute Gasteiger partial charge is 0.337 e. The minimum atomic E-state index is -3.94. The number of anilines is 1. The van der Waals surface area contributed by atoms with E-state index < -0.39 is 21.5 Å². The van der Waals surface area contributed by atoms with Crippen LogP contribution in [0.3, 0.4) is 0 Å². The van der Waals surface area contributed by atoms with Crippen LogP contribution < -0.4 is 5.32 Å². The number of nitrogens with zero attached hydrogens (tertiary/aromatic N) is 2. The molecule has 1 heterocycles. The average Bonchev–Trinajstić information content (AvgIpc) is 3.06. The topological polar surface area (TPSA) is 88.5 Å². The summed E-state index contributed by atoms with van der Waals surface area (Å²) in [4.78, 5) is 27.3. The molecular formula is C25H31N3O4S. The first-order chi connectivity index (χ1) is 15.5. The third kappa shape index (κ3) is 5.63. The molecule has 0 spiro atoms. The van der Waals surface area contributed by atoms with Crippen LogP contribution in [0.4, 0.5) is 5.69 Å². The zero-order chi connectivity index (χ0) is 24.3. The maximum atomic E-state index is 13.2. The monoisotopic (exact) mass is 469 g/mol. The van der Waals surface area contributed by atoms with Crippen molar-refractivity contribution in [1.29, 1.82) is 0 Å². The van der Waals surface area contributed by atoms with Gasteiger partial charge in [-0.3, -0.25) is 9.59 Å². The number of amides is 2. The molecule has 0 saturated carbocycles. The lowest BCUT2D eigenvalue weighted by Gasteiger charge is -2.31. The molecule has 0 radical (unpaired) electrons. The second-order valence-corrected chi connectivity index (χ2v) is 10.8. The molecule has 1 aromatic heterocycles. The minimum Gasteiger partial charge on any atom is -0.337 e. The fourth-order valence-corrected chi connectivity index (χ4v) is 5.53. The number of carbonyl (C=O) groups is 2. The van der Waals surface area contributed by atoms with Gasteiger partial charge in [0.25, 0.3) is 0 Å². The maximum Gasteiger partial charge on any atom is 0.242 e. The van der Waals surface area contributed by atoms with Gasteiger partial charge in [-0.15, -0.1) is 0 Å². The number of fused-ring (bicyclic) bond motifs is 1. The van der Waals surface area contributed by atoms with E-state index in [1.807, 2.05) is 40.7 Å². The Morgan fingerprint density at radius 1 is 1.00 bits per heavy atom.